The first-order chi connectivity index (χ1) is 9.46. The first-order valence-corrected chi connectivity index (χ1v) is 6.72. The summed E-state index contributed by atoms with van der Waals surface area (Å²) in [4.78, 5) is 0. The van der Waals surface area contributed by atoms with Gasteiger partial charge >= 0.3 is 0 Å². The summed E-state index contributed by atoms with van der Waals surface area (Å²) in [6.45, 7) is 4.30. The van der Waals surface area contributed by atoms with Crippen LogP contribution in [0.25, 0.3) is 0 Å². The molecule has 2 aromatic carbocycles. The molecular weight excluding hydrogens is 250 g/mol. The molecule has 0 saturated heterocycles. The maximum Gasteiger partial charge on any atom is 0.161 e. The van der Waals surface area contributed by atoms with Crippen LogP contribution in [-0.2, 0) is 13.0 Å². The largest absolute Gasteiger partial charge is 0.504 e. The first-order valence-electron chi connectivity index (χ1n) is 6.72. The van der Waals surface area contributed by atoms with Gasteiger partial charge in [-0.15, -0.1) is 0 Å². The Hall–Kier alpha value is -2.00. The summed E-state index contributed by atoms with van der Waals surface area (Å²) in [6.07, 6.45) is 0.599. The third-order valence-corrected chi connectivity index (χ3v) is 2.97. The molecule has 0 unspecified atom stereocenters. The Morgan fingerprint density at radius 2 is 1.75 bits per heavy atom. The van der Waals surface area contributed by atoms with Crippen LogP contribution < -0.4 is 10.5 Å². The lowest BCUT2D eigenvalue weighted by atomic mass is 9.95. The van der Waals surface area contributed by atoms with Crippen molar-refractivity contribution >= 4 is 0 Å². The van der Waals surface area contributed by atoms with Crippen molar-refractivity contribution < 1.29 is 9.84 Å². The molecule has 0 radical (unpaired) electrons. The van der Waals surface area contributed by atoms with Gasteiger partial charge in [0.25, 0.3) is 0 Å². The fourth-order valence-corrected chi connectivity index (χ4v) is 2.05. The fourth-order valence-electron chi connectivity index (χ4n) is 2.05. The topological polar surface area (TPSA) is 55.5 Å². The summed E-state index contributed by atoms with van der Waals surface area (Å²) >= 11 is 0. The Balaban J connectivity index is 2.11. The minimum absolute atomic E-state index is 0.182. The molecule has 0 aromatic heterocycles. The normalized spacial score (nSPS) is 11.3. The van der Waals surface area contributed by atoms with Gasteiger partial charge in [0, 0.05) is 5.54 Å². The van der Waals surface area contributed by atoms with Gasteiger partial charge in [0.2, 0.25) is 0 Å². The lowest BCUT2D eigenvalue weighted by Crippen LogP contribution is -2.34. The number of benzene rings is 2. The summed E-state index contributed by atoms with van der Waals surface area (Å²) in [5.74, 6) is 0.678. The minimum Gasteiger partial charge on any atom is -0.504 e. The van der Waals surface area contributed by atoms with Crippen LogP contribution in [0.4, 0.5) is 0 Å². The Morgan fingerprint density at radius 1 is 1.05 bits per heavy atom. The van der Waals surface area contributed by atoms with E-state index < -0.39 is 0 Å². The van der Waals surface area contributed by atoms with Gasteiger partial charge in [-0.25, -0.2) is 0 Å². The van der Waals surface area contributed by atoms with Crippen LogP contribution in [0.3, 0.4) is 0 Å². The van der Waals surface area contributed by atoms with Gasteiger partial charge in [-0.3, -0.25) is 0 Å². The third kappa shape index (κ3) is 4.00. The van der Waals surface area contributed by atoms with Crippen molar-refractivity contribution in [1.82, 2.24) is 0 Å². The maximum absolute atomic E-state index is 10.2. The minimum atomic E-state index is -0.366. The zero-order chi connectivity index (χ0) is 14.6. The van der Waals surface area contributed by atoms with E-state index in [1.807, 2.05) is 56.3 Å². The molecule has 0 aliphatic rings. The molecule has 0 amide bonds. The molecule has 0 heterocycles. The fraction of sp³-hybridized carbons (Fsp3) is 0.294. The zero-order valence-electron chi connectivity index (χ0n) is 12.0. The van der Waals surface area contributed by atoms with Crippen LogP contribution in [0.2, 0.25) is 0 Å². The van der Waals surface area contributed by atoms with Gasteiger partial charge in [-0.1, -0.05) is 42.5 Å². The van der Waals surface area contributed by atoms with E-state index in [4.69, 9.17) is 10.5 Å². The van der Waals surface area contributed by atoms with Crippen molar-refractivity contribution in [2.45, 2.75) is 32.4 Å². The summed E-state index contributed by atoms with van der Waals surface area (Å²) in [6, 6.07) is 15.4. The van der Waals surface area contributed by atoms with Gasteiger partial charge in [0.15, 0.2) is 11.5 Å². The van der Waals surface area contributed by atoms with Crippen molar-refractivity contribution in [3.05, 3.63) is 59.7 Å². The first kappa shape index (κ1) is 14.4. The highest BCUT2D eigenvalue weighted by Crippen LogP contribution is 2.32. The van der Waals surface area contributed by atoms with Gasteiger partial charge in [0.1, 0.15) is 6.61 Å². The Bertz CT molecular complexity index is 559. The number of aromatic hydroxyl groups is 1. The van der Waals surface area contributed by atoms with Crippen molar-refractivity contribution in [3.63, 3.8) is 0 Å². The Kier molecular flexibility index (Phi) is 4.30. The molecule has 0 saturated carbocycles. The van der Waals surface area contributed by atoms with Crippen molar-refractivity contribution in [2.24, 2.45) is 5.73 Å². The van der Waals surface area contributed by atoms with E-state index >= 15 is 0 Å². The highest BCUT2D eigenvalue weighted by atomic mass is 16.5. The molecule has 3 heteroatoms. The van der Waals surface area contributed by atoms with E-state index in [0.29, 0.717) is 18.8 Å². The summed E-state index contributed by atoms with van der Waals surface area (Å²) in [5.41, 5.74) is 7.51. The molecule has 2 rings (SSSR count). The Labute approximate surface area is 120 Å². The van der Waals surface area contributed by atoms with Crippen LogP contribution in [0, 0.1) is 0 Å². The third-order valence-electron chi connectivity index (χ3n) is 2.97. The zero-order valence-corrected chi connectivity index (χ0v) is 12.0. The summed E-state index contributed by atoms with van der Waals surface area (Å²) in [5, 5.41) is 10.2. The van der Waals surface area contributed by atoms with E-state index in [1.165, 1.54) is 0 Å². The Morgan fingerprint density at radius 3 is 2.40 bits per heavy atom. The van der Waals surface area contributed by atoms with Crippen LogP contribution in [0.5, 0.6) is 11.5 Å². The van der Waals surface area contributed by atoms with Crippen molar-refractivity contribution in [3.8, 4) is 11.5 Å². The molecule has 0 bridgehead atoms. The number of para-hydroxylation sites is 1. The standard InChI is InChI=1S/C17H21NO2/c1-17(2,18)11-14-9-6-10-15(16(14)19)20-12-13-7-4-3-5-8-13/h3-10,19H,11-12,18H2,1-2H3. The van der Waals surface area contributed by atoms with E-state index in [1.54, 1.807) is 6.07 Å². The second kappa shape index (κ2) is 5.97. The second-order valence-corrected chi connectivity index (χ2v) is 5.70. The predicted molar refractivity (Wildman–Crippen MR) is 80.9 cm³/mol. The molecule has 106 valence electrons. The van der Waals surface area contributed by atoms with Gasteiger partial charge in [0.05, 0.1) is 0 Å². The van der Waals surface area contributed by atoms with Gasteiger partial charge < -0.3 is 15.6 Å². The molecule has 3 N–H and O–H groups in total. The predicted octanol–water partition coefficient (Wildman–Crippen LogP) is 3.25. The number of nitrogens with two attached hydrogens (primary N) is 1. The maximum atomic E-state index is 10.2. The van der Waals surface area contributed by atoms with E-state index in [9.17, 15) is 5.11 Å². The number of ether oxygens (including phenoxy) is 1. The molecule has 0 aliphatic heterocycles. The second-order valence-electron chi connectivity index (χ2n) is 5.70. The summed E-state index contributed by atoms with van der Waals surface area (Å²) in [7, 11) is 0. The number of phenolic OH excluding ortho intramolecular Hbond substituents is 1. The quantitative estimate of drug-likeness (QED) is 0.877. The molecule has 0 atom stereocenters. The highest BCUT2D eigenvalue weighted by molar-refractivity contribution is 5.46. The smallest absolute Gasteiger partial charge is 0.161 e. The number of phenols is 1. The van der Waals surface area contributed by atoms with Crippen LogP contribution in [0.15, 0.2) is 48.5 Å². The number of hydrogen-bond donors (Lipinski definition) is 2. The van der Waals surface area contributed by atoms with Crippen LogP contribution in [-0.4, -0.2) is 10.6 Å². The van der Waals surface area contributed by atoms with Crippen molar-refractivity contribution in [1.29, 1.82) is 0 Å². The number of rotatable bonds is 5. The van der Waals surface area contributed by atoms with Crippen LogP contribution >= 0.6 is 0 Å². The molecule has 0 fully saturated rings. The van der Waals surface area contributed by atoms with Crippen LogP contribution in [0.1, 0.15) is 25.0 Å². The van der Waals surface area contributed by atoms with E-state index in [0.717, 1.165) is 11.1 Å². The number of hydrogen-bond acceptors (Lipinski definition) is 3. The molecule has 0 spiro atoms. The van der Waals surface area contributed by atoms with E-state index in [-0.39, 0.29) is 11.3 Å². The summed E-state index contributed by atoms with van der Waals surface area (Å²) < 4.78 is 5.69. The molecule has 2 aromatic rings. The average molecular weight is 271 g/mol. The molecule has 0 aliphatic carbocycles. The van der Waals surface area contributed by atoms with Gasteiger partial charge in [-0.2, -0.15) is 0 Å². The van der Waals surface area contributed by atoms with Crippen molar-refractivity contribution in [2.75, 3.05) is 0 Å². The average Bonchev–Trinajstić information content (AvgIpc) is 2.39. The van der Waals surface area contributed by atoms with E-state index in [2.05, 4.69) is 0 Å². The lowest BCUT2D eigenvalue weighted by Gasteiger charge is -2.20. The lowest BCUT2D eigenvalue weighted by molar-refractivity contribution is 0.287. The molecular formula is C17H21NO2. The highest BCUT2D eigenvalue weighted by Gasteiger charge is 2.16. The monoisotopic (exact) mass is 271 g/mol. The SMILES string of the molecule is CC(C)(N)Cc1cccc(OCc2ccccc2)c1O. The van der Waals surface area contributed by atoms with Gasteiger partial charge in [-0.05, 0) is 37.5 Å². The molecule has 20 heavy (non-hydrogen) atoms. The molecule has 3 nitrogen and oxygen atoms in total.